The van der Waals surface area contributed by atoms with E-state index in [2.05, 4.69) is 4.98 Å². The van der Waals surface area contributed by atoms with Crippen molar-refractivity contribution in [3.05, 3.63) is 137 Å². The fraction of sp³-hybridized carbons (Fsp3) is 0.0606. The molecule has 0 bridgehead atoms. The third-order valence-corrected chi connectivity index (χ3v) is 6.31. The van der Waals surface area contributed by atoms with Gasteiger partial charge in [-0.2, -0.15) is 26.3 Å². The van der Waals surface area contributed by atoms with Crippen LogP contribution in [0.3, 0.4) is 0 Å². The van der Waals surface area contributed by atoms with E-state index < -0.39 is 23.5 Å². The van der Waals surface area contributed by atoms with E-state index in [0.29, 0.717) is 16.5 Å². The Balaban J connectivity index is 1.85. The zero-order valence-corrected chi connectivity index (χ0v) is 20.8. The zero-order valence-electron chi connectivity index (χ0n) is 20.8. The van der Waals surface area contributed by atoms with Crippen molar-refractivity contribution in [2.45, 2.75) is 12.4 Å². The summed E-state index contributed by atoms with van der Waals surface area (Å²) in [6.07, 6.45) is -3.15. The molecule has 0 fully saturated rings. The standard InChI is InChI=1S/C33H21F6N/c34-32(35,36)25-19-24(20-26(21-25)33(37,38)39)31-28(17-15-22-9-3-1-4-10-22)27-13-7-8-14-29(27)40-30(31)18-16-23-11-5-2-6-12-23/h1-21H/b17-15+,18-16+. The van der Waals surface area contributed by atoms with Gasteiger partial charge in [0.25, 0.3) is 0 Å². The number of benzene rings is 4. The molecule has 0 atom stereocenters. The van der Waals surface area contributed by atoms with E-state index in [1.807, 2.05) is 60.7 Å². The highest BCUT2D eigenvalue weighted by atomic mass is 19.4. The van der Waals surface area contributed by atoms with Crippen molar-refractivity contribution < 1.29 is 26.3 Å². The smallest absolute Gasteiger partial charge is 0.248 e. The van der Waals surface area contributed by atoms with Crippen LogP contribution < -0.4 is 0 Å². The van der Waals surface area contributed by atoms with Gasteiger partial charge in [-0.15, -0.1) is 0 Å². The molecule has 4 aromatic carbocycles. The Morgan fingerprint density at radius 2 is 1.02 bits per heavy atom. The number of nitrogens with zero attached hydrogens (tertiary/aromatic N) is 1. The van der Waals surface area contributed by atoms with E-state index in [9.17, 15) is 26.3 Å². The highest BCUT2D eigenvalue weighted by molar-refractivity contribution is 6.00. The van der Waals surface area contributed by atoms with Crippen molar-refractivity contribution in [2.24, 2.45) is 0 Å². The Bertz CT molecular complexity index is 1670. The zero-order chi connectivity index (χ0) is 28.3. The molecular weight excluding hydrogens is 524 g/mol. The quantitative estimate of drug-likeness (QED) is 0.200. The number of alkyl halides is 6. The van der Waals surface area contributed by atoms with Gasteiger partial charge in [0.2, 0.25) is 0 Å². The van der Waals surface area contributed by atoms with Crippen molar-refractivity contribution in [1.29, 1.82) is 0 Å². The molecule has 0 radical (unpaired) electrons. The molecule has 0 saturated carbocycles. The largest absolute Gasteiger partial charge is 0.416 e. The van der Waals surface area contributed by atoms with Crippen LogP contribution in [0.4, 0.5) is 26.3 Å². The molecule has 0 spiro atoms. The minimum absolute atomic E-state index is 0.136. The van der Waals surface area contributed by atoms with Gasteiger partial charge in [-0.3, -0.25) is 0 Å². The molecule has 1 nitrogen and oxygen atoms in total. The molecular formula is C33H21F6N. The van der Waals surface area contributed by atoms with Gasteiger partial charge >= 0.3 is 12.4 Å². The van der Waals surface area contributed by atoms with Crippen LogP contribution in [0.25, 0.3) is 46.3 Å². The molecule has 0 aliphatic rings. The van der Waals surface area contributed by atoms with Crippen LogP contribution in [0.1, 0.15) is 33.5 Å². The number of pyridine rings is 1. The van der Waals surface area contributed by atoms with E-state index >= 15 is 0 Å². The lowest BCUT2D eigenvalue weighted by Crippen LogP contribution is -2.11. The number of rotatable bonds is 5. The first-order valence-electron chi connectivity index (χ1n) is 12.3. The van der Waals surface area contributed by atoms with Gasteiger partial charge in [0.05, 0.1) is 22.3 Å². The normalized spacial score (nSPS) is 12.6. The summed E-state index contributed by atoms with van der Waals surface area (Å²) in [5.74, 6) is 0. The average Bonchev–Trinajstić information content (AvgIpc) is 2.94. The molecule has 5 rings (SSSR count). The average molecular weight is 546 g/mol. The Hall–Kier alpha value is -4.65. The van der Waals surface area contributed by atoms with Gasteiger partial charge < -0.3 is 0 Å². The second-order valence-electron chi connectivity index (χ2n) is 9.09. The number of halogens is 6. The van der Waals surface area contributed by atoms with E-state index in [1.165, 1.54) is 0 Å². The second-order valence-corrected chi connectivity index (χ2v) is 9.09. The van der Waals surface area contributed by atoms with Crippen LogP contribution >= 0.6 is 0 Å². The highest BCUT2D eigenvalue weighted by Gasteiger charge is 2.37. The van der Waals surface area contributed by atoms with Crippen LogP contribution in [0.2, 0.25) is 0 Å². The molecule has 5 aromatic rings. The van der Waals surface area contributed by atoms with Crippen molar-refractivity contribution >= 4 is 35.2 Å². The van der Waals surface area contributed by atoms with Crippen molar-refractivity contribution in [3.8, 4) is 11.1 Å². The van der Waals surface area contributed by atoms with Crippen molar-refractivity contribution in [3.63, 3.8) is 0 Å². The summed E-state index contributed by atoms with van der Waals surface area (Å²) < 4.78 is 83.0. The monoisotopic (exact) mass is 545 g/mol. The van der Waals surface area contributed by atoms with E-state index in [-0.39, 0.29) is 22.9 Å². The maximum atomic E-state index is 13.8. The summed E-state index contributed by atoms with van der Waals surface area (Å²) in [5, 5.41) is 0.590. The number of aromatic nitrogens is 1. The van der Waals surface area contributed by atoms with Crippen LogP contribution in [0.5, 0.6) is 0 Å². The Morgan fingerprint density at radius 1 is 0.525 bits per heavy atom. The first-order valence-corrected chi connectivity index (χ1v) is 12.3. The summed E-state index contributed by atoms with van der Waals surface area (Å²) >= 11 is 0. The molecule has 0 unspecified atom stereocenters. The minimum Gasteiger partial charge on any atom is -0.248 e. The predicted octanol–water partition coefficient (Wildman–Crippen LogP) is 10.3. The molecule has 7 heteroatoms. The third kappa shape index (κ3) is 5.99. The van der Waals surface area contributed by atoms with E-state index in [1.54, 1.807) is 48.6 Å². The number of para-hydroxylation sites is 1. The summed E-state index contributed by atoms with van der Waals surface area (Å²) in [5.41, 5.74) is 0.00554. The minimum atomic E-state index is -4.99. The molecule has 1 aromatic heterocycles. The molecule has 1 heterocycles. The maximum absolute atomic E-state index is 13.8. The molecule has 40 heavy (non-hydrogen) atoms. The first kappa shape index (κ1) is 26.9. The second kappa shape index (κ2) is 10.8. The van der Waals surface area contributed by atoms with Gasteiger partial charge in [-0.05, 0) is 52.6 Å². The summed E-state index contributed by atoms with van der Waals surface area (Å²) in [6, 6.07) is 27.0. The van der Waals surface area contributed by atoms with Gasteiger partial charge in [0.15, 0.2) is 0 Å². The van der Waals surface area contributed by atoms with Gasteiger partial charge in [-0.25, -0.2) is 4.98 Å². The molecule has 0 aliphatic carbocycles. The Kier molecular flexibility index (Phi) is 7.30. The van der Waals surface area contributed by atoms with E-state index in [0.717, 1.165) is 23.3 Å². The third-order valence-electron chi connectivity index (χ3n) is 6.31. The fourth-order valence-electron chi connectivity index (χ4n) is 4.44. The topological polar surface area (TPSA) is 12.9 Å². The van der Waals surface area contributed by atoms with Crippen LogP contribution in [-0.2, 0) is 12.4 Å². The lowest BCUT2D eigenvalue weighted by Gasteiger charge is -2.18. The van der Waals surface area contributed by atoms with Crippen LogP contribution in [-0.4, -0.2) is 4.98 Å². The molecule has 200 valence electrons. The first-order chi connectivity index (χ1) is 19.1. The molecule has 0 N–H and O–H groups in total. The summed E-state index contributed by atoms with van der Waals surface area (Å²) in [4.78, 5) is 4.68. The van der Waals surface area contributed by atoms with Crippen LogP contribution in [0, 0.1) is 0 Å². The van der Waals surface area contributed by atoms with Gasteiger partial charge in [0, 0.05) is 10.9 Å². The van der Waals surface area contributed by atoms with Crippen molar-refractivity contribution in [1.82, 2.24) is 4.98 Å². The predicted molar refractivity (Wildman–Crippen MR) is 148 cm³/mol. The number of hydrogen-bond donors (Lipinski definition) is 0. The SMILES string of the molecule is FC(F)(F)c1cc(-c2c(/C=C/c3ccccc3)nc3ccccc3c2/C=C/c2ccccc2)cc(C(F)(F)F)c1. The highest BCUT2D eigenvalue weighted by Crippen LogP contribution is 2.42. The Labute approximate surface area is 226 Å². The Morgan fingerprint density at radius 3 is 1.57 bits per heavy atom. The van der Waals surface area contributed by atoms with Crippen molar-refractivity contribution in [2.75, 3.05) is 0 Å². The molecule has 0 saturated heterocycles. The van der Waals surface area contributed by atoms with Crippen LogP contribution in [0.15, 0.2) is 103 Å². The van der Waals surface area contributed by atoms with Gasteiger partial charge in [0.1, 0.15) is 0 Å². The summed E-state index contributed by atoms with van der Waals surface area (Å²) in [7, 11) is 0. The fourth-order valence-corrected chi connectivity index (χ4v) is 4.44. The lowest BCUT2D eigenvalue weighted by atomic mass is 9.91. The molecule has 0 aliphatic heterocycles. The number of hydrogen-bond acceptors (Lipinski definition) is 1. The molecule has 0 amide bonds. The summed E-state index contributed by atoms with van der Waals surface area (Å²) in [6.45, 7) is 0. The van der Waals surface area contributed by atoms with Gasteiger partial charge in [-0.1, -0.05) is 97.1 Å². The maximum Gasteiger partial charge on any atom is 0.416 e. The number of fused-ring (bicyclic) bond motifs is 1. The van der Waals surface area contributed by atoms with E-state index in [4.69, 9.17) is 0 Å². The lowest BCUT2D eigenvalue weighted by molar-refractivity contribution is -0.143.